The summed E-state index contributed by atoms with van der Waals surface area (Å²) in [6.45, 7) is 13.1. The molecule has 0 fully saturated rings. The maximum absolute atomic E-state index is 6.05. The zero-order valence-electron chi connectivity index (χ0n) is 20.0. The second kappa shape index (κ2) is 12.9. The molecule has 2 rings (SSSR count). The summed E-state index contributed by atoms with van der Waals surface area (Å²) in [4.78, 5) is 12.1. The Morgan fingerprint density at radius 2 is 0.933 bits per heavy atom. The summed E-state index contributed by atoms with van der Waals surface area (Å²) >= 11 is 0. The van der Waals surface area contributed by atoms with Crippen LogP contribution in [0.3, 0.4) is 0 Å². The van der Waals surface area contributed by atoms with Gasteiger partial charge in [-0.3, -0.25) is 0 Å². The number of rotatable bonds is 13. The van der Waals surface area contributed by atoms with E-state index < -0.39 is 0 Å². The molecule has 166 valence electrons. The monoisotopic (exact) mass is 410 g/mol. The lowest BCUT2D eigenvalue weighted by Crippen LogP contribution is -2.25. The van der Waals surface area contributed by atoms with Gasteiger partial charge in [-0.2, -0.15) is 0 Å². The molecular weight excluding hydrogens is 368 g/mol. The first kappa shape index (κ1) is 24.6. The molecule has 2 nitrogen and oxygen atoms in total. The molecule has 0 aromatic heterocycles. The minimum absolute atomic E-state index is 0.0200. The van der Waals surface area contributed by atoms with Crippen molar-refractivity contribution in [2.24, 2.45) is 0 Å². The van der Waals surface area contributed by atoms with Gasteiger partial charge < -0.3 is 0 Å². The molecule has 0 spiro atoms. The highest BCUT2D eigenvalue weighted by molar-refractivity contribution is 5.26. The Balaban J connectivity index is 2.05. The maximum atomic E-state index is 6.05. The largest absolute Gasteiger partial charge is 0.233 e. The van der Waals surface area contributed by atoms with Crippen LogP contribution in [-0.2, 0) is 9.78 Å². The van der Waals surface area contributed by atoms with E-state index in [1.165, 1.54) is 47.9 Å². The molecule has 4 atom stereocenters. The van der Waals surface area contributed by atoms with E-state index in [0.29, 0.717) is 11.8 Å². The molecule has 0 amide bonds. The molecule has 0 saturated heterocycles. The third kappa shape index (κ3) is 7.56. The first-order chi connectivity index (χ1) is 14.5. The van der Waals surface area contributed by atoms with Gasteiger partial charge in [0.1, 0.15) is 0 Å². The standard InChI is InChI=1S/C28H42O2/c1-7-9-11-27(25-17-13-21(3)14-18-25)23(5)29-30-24(6)28(12-10-8-2)26-19-15-22(4)16-20-26/h13-20,23-24,27-28H,7-12H2,1-6H3/t23-,24-,27?,28?/m0/s1. The SMILES string of the molecule is CCCCC(c1ccc(C)cc1)[C@H](C)OO[C@@H](C)C(CCCC)c1ccc(C)cc1. The molecule has 2 unspecified atom stereocenters. The van der Waals surface area contributed by atoms with Crippen LogP contribution in [0.1, 0.15) is 100 Å². The van der Waals surface area contributed by atoms with Crippen molar-refractivity contribution in [3.8, 4) is 0 Å². The van der Waals surface area contributed by atoms with Crippen LogP contribution in [0.5, 0.6) is 0 Å². The van der Waals surface area contributed by atoms with Gasteiger partial charge in [-0.25, -0.2) is 9.78 Å². The third-order valence-corrected chi connectivity index (χ3v) is 6.24. The summed E-state index contributed by atoms with van der Waals surface area (Å²) in [5.41, 5.74) is 5.28. The van der Waals surface area contributed by atoms with Crippen LogP contribution < -0.4 is 0 Å². The molecule has 0 aliphatic heterocycles. The predicted octanol–water partition coefficient (Wildman–Crippen LogP) is 8.28. The molecule has 0 aliphatic carbocycles. The van der Waals surface area contributed by atoms with E-state index in [0.717, 1.165) is 12.8 Å². The van der Waals surface area contributed by atoms with Crippen LogP contribution >= 0.6 is 0 Å². The van der Waals surface area contributed by atoms with Gasteiger partial charge in [0.2, 0.25) is 0 Å². The highest BCUT2D eigenvalue weighted by atomic mass is 17.2. The van der Waals surface area contributed by atoms with Crippen molar-refractivity contribution in [1.82, 2.24) is 0 Å². The van der Waals surface area contributed by atoms with Crippen molar-refractivity contribution in [3.63, 3.8) is 0 Å². The topological polar surface area (TPSA) is 18.5 Å². The van der Waals surface area contributed by atoms with Crippen LogP contribution in [0.15, 0.2) is 48.5 Å². The summed E-state index contributed by atoms with van der Waals surface area (Å²) in [6, 6.07) is 17.8. The van der Waals surface area contributed by atoms with Gasteiger partial charge in [0.15, 0.2) is 0 Å². The molecule has 0 radical (unpaired) electrons. The molecule has 30 heavy (non-hydrogen) atoms. The molecule has 0 N–H and O–H groups in total. The summed E-state index contributed by atoms with van der Waals surface area (Å²) in [5, 5.41) is 0. The van der Waals surface area contributed by atoms with Gasteiger partial charge in [-0.1, -0.05) is 99.2 Å². The lowest BCUT2D eigenvalue weighted by Gasteiger charge is -2.28. The third-order valence-electron chi connectivity index (χ3n) is 6.24. The van der Waals surface area contributed by atoms with Crippen molar-refractivity contribution in [1.29, 1.82) is 0 Å². The molecule has 2 heteroatoms. The van der Waals surface area contributed by atoms with Gasteiger partial charge in [0.25, 0.3) is 0 Å². The summed E-state index contributed by atoms with van der Waals surface area (Å²) in [7, 11) is 0. The first-order valence-electron chi connectivity index (χ1n) is 11.9. The highest BCUT2D eigenvalue weighted by Gasteiger charge is 2.25. The molecule has 2 aromatic rings. The van der Waals surface area contributed by atoms with Gasteiger partial charge in [-0.05, 0) is 51.7 Å². The van der Waals surface area contributed by atoms with Crippen LogP contribution in [0.25, 0.3) is 0 Å². The van der Waals surface area contributed by atoms with Crippen LogP contribution in [0, 0.1) is 13.8 Å². The van der Waals surface area contributed by atoms with Gasteiger partial charge >= 0.3 is 0 Å². The highest BCUT2D eigenvalue weighted by Crippen LogP contribution is 2.31. The molecule has 0 saturated carbocycles. The van der Waals surface area contributed by atoms with Crippen molar-refractivity contribution in [2.75, 3.05) is 0 Å². The van der Waals surface area contributed by atoms with Crippen molar-refractivity contribution >= 4 is 0 Å². The van der Waals surface area contributed by atoms with Gasteiger partial charge in [0.05, 0.1) is 12.2 Å². The molecule has 2 aromatic carbocycles. The average molecular weight is 411 g/mol. The van der Waals surface area contributed by atoms with Crippen LogP contribution in [0.4, 0.5) is 0 Å². The van der Waals surface area contributed by atoms with Crippen LogP contribution in [-0.4, -0.2) is 12.2 Å². The lowest BCUT2D eigenvalue weighted by molar-refractivity contribution is -0.352. The first-order valence-corrected chi connectivity index (χ1v) is 11.9. The second-order valence-electron chi connectivity index (χ2n) is 8.92. The van der Waals surface area contributed by atoms with E-state index in [9.17, 15) is 0 Å². The average Bonchev–Trinajstić information content (AvgIpc) is 2.75. The normalized spacial score (nSPS) is 15.5. The fraction of sp³-hybridized carbons (Fsp3) is 0.571. The smallest absolute Gasteiger partial charge is 0.0970 e. The van der Waals surface area contributed by atoms with E-state index in [2.05, 4.69) is 90.1 Å². The minimum Gasteiger partial charge on any atom is -0.233 e. The Morgan fingerprint density at radius 3 is 1.23 bits per heavy atom. The Hall–Kier alpha value is -1.64. The van der Waals surface area contributed by atoms with Crippen molar-refractivity contribution in [2.45, 2.75) is 104 Å². The fourth-order valence-electron chi connectivity index (χ4n) is 4.13. The maximum Gasteiger partial charge on any atom is 0.0970 e. The molecule has 0 aliphatic rings. The minimum atomic E-state index is 0.0200. The van der Waals surface area contributed by atoms with E-state index in [1.54, 1.807) is 0 Å². The Kier molecular flexibility index (Phi) is 10.6. The molecule has 0 heterocycles. The predicted molar refractivity (Wildman–Crippen MR) is 128 cm³/mol. The number of hydrogen-bond acceptors (Lipinski definition) is 2. The zero-order chi connectivity index (χ0) is 21.9. The Bertz CT molecular complexity index is 641. The summed E-state index contributed by atoms with van der Waals surface area (Å²) < 4.78 is 0. The number of aryl methyl sites for hydroxylation is 2. The fourth-order valence-corrected chi connectivity index (χ4v) is 4.13. The van der Waals surface area contributed by atoms with E-state index in [-0.39, 0.29) is 12.2 Å². The Labute approximate surface area is 184 Å². The number of unbranched alkanes of at least 4 members (excludes halogenated alkanes) is 2. The second-order valence-corrected chi connectivity index (χ2v) is 8.92. The van der Waals surface area contributed by atoms with Crippen LogP contribution in [0.2, 0.25) is 0 Å². The van der Waals surface area contributed by atoms with Gasteiger partial charge in [-0.15, -0.1) is 0 Å². The molecular formula is C28H42O2. The van der Waals surface area contributed by atoms with E-state index in [1.807, 2.05) is 0 Å². The molecule has 0 bridgehead atoms. The number of hydrogen-bond donors (Lipinski definition) is 0. The summed E-state index contributed by atoms with van der Waals surface area (Å²) in [5.74, 6) is 0.706. The van der Waals surface area contributed by atoms with Crippen molar-refractivity contribution < 1.29 is 9.78 Å². The van der Waals surface area contributed by atoms with E-state index in [4.69, 9.17) is 9.78 Å². The Morgan fingerprint density at radius 1 is 0.600 bits per heavy atom. The van der Waals surface area contributed by atoms with Gasteiger partial charge in [0, 0.05) is 11.8 Å². The lowest BCUT2D eigenvalue weighted by atomic mass is 9.88. The quantitative estimate of drug-likeness (QED) is 0.244. The van der Waals surface area contributed by atoms with E-state index >= 15 is 0 Å². The van der Waals surface area contributed by atoms with Crippen molar-refractivity contribution in [3.05, 3.63) is 70.8 Å². The summed E-state index contributed by atoms with van der Waals surface area (Å²) in [6.07, 6.45) is 7.07. The number of benzene rings is 2. The zero-order valence-corrected chi connectivity index (χ0v) is 20.0.